The van der Waals surface area contributed by atoms with E-state index in [4.69, 9.17) is 23.2 Å². The average Bonchev–Trinajstić information content (AvgIpc) is 2.59. The van der Waals surface area contributed by atoms with Crippen molar-refractivity contribution in [3.05, 3.63) is 85.6 Å². The molecular weight excluding hydrogens is 343 g/mol. The van der Waals surface area contributed by atoms with Gasteiger partial charge in [-0.3, -0.25) is 4.79 Å². The van der Waals surface area contributed by atoms with Crippen molar-refractivity contribution in [2.45, 2.75) is 19.4 Å². The molecule has 0 N–H and O–H groups in total. The Morgan fingerprint density at radius 1 is 0.958 bits per heavy atom. The molecule has 3 aromatic rings. The van der Waals surface area contributed by atoms with Crippen LogP contribution in [0.3, 0.4) is 0 Å². The minimum Gasteiger partial charge on any atom is -0.268 e. The van der Waals surface area contributed by atoms with Gasteiger partial charge in [-0.25, -0.2) is 4.68 Å². The zero-order valence-corrected chi connectivity index (χ0v) is 14.3. The Morgan fingerprint density at radius 2 is 1.75 bits per heavy atom. The molecule has 0 unspecified atom stereocenters. The lowest BCUT2D eigenvalue weighted by Crippen LogP contribution is -2.26. The van der Waals surface area contributed by atoms with Gasteiger partial charge in [0, 0.05) is 11.6 Å². The number of rotatable bonds is 2. The molecule has 0 bridgehead atoms. The van der Waals surface area contributed by atoms with Crippen LogP contribution in [0.1, 0.15) is 16.7 Å². The Balaban J connectivity index is 1.78. The summed E-state index contributed by atoms with van der Waals surface area (Å²) >= 11 is 12.0. The quantitative estimate of drug-likeness (QED) is 0.683. The van der Waals surface area contributed by atoms with E-state index in [1.165, 1.54) is 10.2 Å². The first-order valence-corrected chi connectivity index (χ1v) is 8.50. The van der Waals surface area contributed by atoms with Gasteiger partial charge < -0.3 is 0 Å². The van der Waals surface area contributed by atoms with E-state index >= 15 is 0 Å². The second-order valence-electron chi connectivity index (χ2n) is 5.92. The normalized spacial score (nSPS) is 12.6. The molecule has 0 saturated carbocycles. The molecule has 2 aromatic carbocycles. The highest BCUT2D eigenvalue weighted by atomic mass is 35.5. The molecule has 0 atom stereocenters. The first kappa shape index (κ1) is 15.4. The Kier molecular flexibility index (Phi) is 3.91. The summed E-state index contributed by atoms with van der Waals surface area (Å²) in [6, 6.07) is 15.3. The maximum absolute atomic E-state index is 12.4. The summed E-state index contributed by atoms with van der Waals surface area (Å²) in [5, 5.41) is 5.61. The van der Waals surface area contributed by atoms with Crippen molar-refractivity contribution in [1.29, 1.82) is 0 Å². The van der Waals surface area contributed by atoms with E-state index in [-0.39, 0.29) is 5.56 Å². The first-order valence-electron chi connectivity index (χ1n) is 7.75. The fourth-order valence-corrected chi connectivity index (χ4v) is 3.43. The molecule has 1 aliphatic carbocycles. The molecule has 0 aliphatic heterocycles. The summed E-state index contributed by atoms with van der Waals surface area (Å²) in [6.45, 7) is 0.366. The molecule has 0 saturated heterocycles. The Morgan fingerprint density at radius 3 is 2.58 bits per heavy atom. The number of hydrogen-bond acceptors (Lipinski definition) is 2. The van der Waals surface area contributed by atoms with Crippen LogP contribution < -0.4 is 5.56 Å². The third-order valence-corrected chi connectivity index (χ3v) is 5.07. The Bertz CT molecular complexity index is 995. The number of nitrogens with zero attached hydrogens (tertiary/aromatic N) is 2. The van der Waals surface area contributed by atoms with Gasteiger partial charge in [0.2, 0.25) is 0 Å². The van der Waals surface area contributed by atoms with E-state index in [1.807, 2.05) is 18.2 Å². The molecule has 24 heavy (non-hydrogen) atoms. The maximum atomic E-state index is 12.4. The lowest BCUT2D eigenvalue weighted by atomic mass is 9.90. The van der Waals surface area contributed by atoms with Gasteiger partial charge in [0.15, 0.2) is 0 Å². The van der Waals surface area contributed by atoms with Crippen molar-refractivity contribution in [3.63, 3.8) is 0 Å². The van der Waals surface area contributed by atoms with Crippen LogP contribution in [0.25, 0.3) is 11.3 Å². The van der Waals surface area contributed by atoms with Crippen molar-refractivity contribution in [2.75, 3.05) is 0 Å². The van der Waals surface area contributed by atoms with Crippen LogP contribution in [-0.4, -0.2) is 9.78 Å². The molecule has 1 aromatic heterocycles. The summed E-state index contributed by atoms with van der Waals surface area (Å²) in [5.74, 6) is 0. The van der Waals surface area contributed by atoms with Gasteiger partial charge in [0.05, 0.1) is 22.3 Å². The highest BCUT2D eigenvalue weighted by Gasteiger charge is 2.19. The predicted molar refractivity (Wildman–Crippen MR) is 96.9 cm³/mol. The second kappa shape index (κ2) is 6.08. The zero-order valence-electron chi connectivity index (χ0n) is 12.8. The van der Waals surface area contributed by atoms with E-state index in [1.54, 1.807) is 18.2 Å². The van der Waals surface area contributed by atoms with Crippen LogP contribution >= 0.6 is 23.2 Å². The van der Waals surface area contributed by atoms with Crippen LogP contribution in [0, 0.1) is 0 Å². The van der Waals surface area contributed by atoms with Gasteiger partial charge in [-0.15, -0.1) is 0 Å². The van der Waals surface area contributed by atoms with Gasteiger partial charge >= 0.3 is 0 Å². The van der Waals surface area contributed by atoms with Gasteiger partial charge in [-0.05, 0) is 41.7 Å². The van der Waals surface area contributed by atoms with Crippen molar-refractivity contribution in [1.82, 2.24) is 9.78 Å². The largest absolute Gasteiger partial charge is 0.268 e. The van der Waals surface area contributed by atoms with Crippen LogP contribution in [0.2, 0.25) is 10.0 Å². The Hall–Kier alpha value is -2.10. The van der Waals surface area contributed by atoms with Gasteiger partial charge in [0.25, 0.3) is 5.56 Å². The second-order valence-corrected chi connectivity index (χ2v) is 6.73. The minimum absolute atomic E-state index is 0.0980. The summed E-state index contributed by atoms with van der Waals surface area (Å²) in [7, 11) is 0. The van der Waals surface area contributed by atoms with E-state index < -0.39 is 0 Å². The van der Waals surface area contributed by atoms with Crippen molar-refractivity contribution >= 4 is 23.2 Å². The maximum Gasteiger partial charge on any atom is 0.267 e. The number of aryl methyl sites for hydroxylation is 2. The van der Waals surface area contributed by atoms with Crippen LogP contribution in [0.15, 0.2) is 53.3 Å². The summed E-state index contributed by atoms with van der Waals surface area (Å²) in [5.41, 5.74) is 5.10. The molecule has 1 heterocycles. The highest BCUT2D eigenvalue weighted by Crippen LogP contribution is 2.30. The van der Waals surface area contributed by atoms with Gasteiger partial charge in [-0.1, -0.05) is 53.5 Å². The topological polar surface area (TPSA) is 34.9 Å². The molecule has 5 heteroatoms. The van der Waals surface area contributed by atoms with E-state index in [0.717, 1.165) is 35.2 Å². The lowest BCUT2D eigenvalue weighted by Gasteiger charge is -2.19. The lowest BCUT2D eigenvalue weighted by molar-refractivity contribution is 0.634. The van der Waals surface area contributed by atoms with Gasteiger partial charge in [-0.2, -0.15) is 5.10 Å². The van der Waals surface area contributed by atoms with E-state index in [9.17, 15) is 4.79 Å². The highest BCUT2D eigenvalue weighted by molar-refractivity contribution is 6.42. The molecule has 1 aliphatic rings. The van der Waals surface area contributed by atoms with Crippen molar-refractivity contribution in [3.8, 4) is 11.3 Å². The summed E-state index contributed by atoms with van der Waals surface area (Å²) in [6.07, 6.45) is 1.79. The smallest absolute Gasteiger partial charge is 0.267 e. The van der Waals surface area contributed by atoms with Crippen LogP contribution in [0.5, 0.6) is 0 Å². The molecule has 3 nitrogen and oxygen atoms in total. The molecule has 0 fully saturated rings. The summed E-state index contributed by atoms with van der Waals surface area (Å²) < 4.78 is 1.49. The fraction of sp³-hybridized carbons (Fsp3) is 0.158. The standard InChI is InChI=1S/C19H14Cl2N2O/c20-16-8-5-12(9-17(16)21)11-23-18(24)10-14-7-6-13-3-1-2-4-15(13)19(14)22-23/h1-5,8-10H,6-7,11H2. The van der Waals surface area contributed by atoms with E-state index in [0.29, 0.717) is 16.6 Å². The predicted octanol–water partition coefficient (Wildman–Crippen LogP) is 4.36. The van der Waals surface area contributed by atoms with E-state index in [2.05, 4.69) is 17.2 Å². The average molecular weight is 357 g/mol. The molecule has 0 radical (unpaired) electrons. The van der Waals surface area contributed by atoms with Crippen molar-refractivity contribution in [2.24, 2.45) is 0 Å². The molecule has 0 amide bonds. The number of halogens is 2. The zero-order chi connectivity index (χ0) is 16.7. The SMILES string of the molecule is O=c1cc2c(nn1Cc1ccc(Cl)c(Cl)c1)-c1ccccc1CC2. The molecule has 4 rings (SSSR count). The van der Waals surface area contributed by atoms with Crippen LogP contribution in [0.4, 0.5) is 0 Å². The molecular formula is C19H14Cl2N2O. The summed E-state index contributed by atoms with van der Waals surface area (Å²) in [4.78, 5) is 12.4. The van der Waals surface area contributed by atoms with Crippen LogP contribution in [-0.2, 0) is 19.4 Å². The molecule has 120 valence electrons. The Labute approximate surface area is 149 Å². The third-order valence-electron chi connectivity index (χ3n) is 4.33. The molecule has 0 spiro atoms. The fourth-order valence-electron chi connectivity index (χ4n) is 3.11. The van der Waals surface area contributed by atoms with Gasteiger partial charge in [0.1, 0.15) is 0 Å². The third kappa shape index (κ3) is 2.74. The first-order chi connectivity index (χ1) is 11.6. The minimum atomic E-state index is -0.0980. The number of fused-ring (bicyclic) bond motifs is 3. The number of benzene rings is 2. The number of hydrogen-bond donors (Lipinski definition) is 0. The van der Waals surface area contributed by atoms with Crippen molar-refractivity contribution < 1.29 is 0 Å². The number of aromatic nitrogens is 2. The monoisotopic (exact) mass is 356 g/mol.